The van der Waals surface area contributed by atoms with Gasteiger partial charge in [-0.1, -0.05) is 23.7 Å². The summed E-state index contributed by atoms with van der Waals surface area (Å²) in [6, 6.07) is 13.0. The highest BCUT2D eigenvalue weighted by Gasteiger charge is 2.13. The molecule has 4 nitrogen and oxygen atoms in total. The summed E-state index contributed by atoms with van der Waals surface area (Å²) in [6.45, 7) is 3.14. The van der Waals surface area contributed by atoms with Crippen molar-refractivity contribution in [1.82, 2.24) is 4.90 Å². The molecule has 3 rings (SSSR count). The average molecular weight is 391 g/mol. The van der Waals surface area contributed by atoms with Crippen LogP contribution in [0.4, 0.5) is 5.69 Å². The third-order valence-corrected chi connectivity index (χ3v) is 5.54. The Balaban J connectivity index is 1.70. The van der Waals surface area contributed by atoms with Crippen LogP contribution in [0.3, 0.4) is 0 Å². The summed E-state index contributed by atoms with van der Waals surface area (Å²) in [4.78, 5) is 15.0. The van der Waals surface area contributed by atoms with Crippen molar-refractivity contribution in [3.8, 4) is 0 Å². The molecule has 26 heavy (non-hydrogen) atoms. The molecule has 1 atom stereocenters. The van der Waals surface area contributed by atoms with Crippen LogP contribution in [0.1, 0.15) is 34.3 Å². The maximum atomic E-state index is 12.6. The lowest BCUT2D eigenvalue weighted by molar-refractivity contribution is 0.102. The number of nitrogens with one attached hydrogen (secondary N) is 1. The zero-order chi connectivity index (χ0) is 18.5. The fraction of sp³-hybridized carbons (Fsp3) is 0.350. The minimum absolute atomic E-state index is 0.154. The van der Waals surface area contributed by atoms with Gasteiger partial charge in [0.2, 0.25) is 0 Å². The molecule has 1 aliphatic heterocycles. The van der Waals surface area contributed by atoms with Crippen LogP contribution in [0.2, 0.25) is 5.02 Å². The Labute approximate surface area is 162 Å². The first-order valence-electron chi connectivity index (χ1n) is 8.72. The van der Waals surface area contributed by atoms with Crippen molar-refractivity contribution in [3.05, 3.63) is 64.2 Å². The van der Waals surface area contributed by atoms with E-state index in [4.69, 9.17) is 11.6 Å². The number of amides is 1. The van der Waals surface area contributed by atoms with Gasteiger partial charge in [-0.3, -0.25) is 13.9 Å². The zero-order valence-corrected chi connectivity index (χ0v) is 16.4. The van der Waals surface area contributed by atoms with Crippen LogP contribution < -0.4 is 5.32 Å². The van der Waals surface area contributed by atoms with Crippen molar-refractivity contribution in [2.75, 3.05) is 24.7 Å². The molecule has 138 valence electrons. The molecule has 0 spiro atoms. The Kier molecular flexibility index (Phi) is 6.46. The lowest BCUT2D eigenvalue weighted by Crippen LogP contribution is -2.19. The van der Waals surface area contributed by atoms with E-state index in [9.17, 15) is 9.00 Å². The van der Waals surface area contributed by atoms with E-state index < -0.39 is 10.8 Å². The average Bonchev–Trinajstić information content (AvgIpc) is 3.10. The Morgan fingerprint density at radius 1 is 1.19 bits per heavy atom. The summed E-state index contributed by atoms with van der Waals surface area (Å²) < 4.78 is 11.5. The lowest BCUT2D eigenvalue weighted by Gasteiger charge is -2.15. The molecule has 2 aromatic carbocycles. The molecule has 1 fully saturated rings. The van der Waals surface area contributed by atoms with Crippen LogP contribution in [0.5, 0.6) is 0 Å². The molecule has 1 N–H and O–H groups in total. The number of rotatable bonds is 6. The summed E-state index contributed by atoms with van der Waals surface area (Å²) in [6.07, 6.45) is 4.14. The fourth-order valence-corrected chi connectivity index (χ4v) is 4.14. The zero-order valence-electron chi connectivity index (χ0n) is 14.8. The van der Waals surface area contributed by atoms with E-state index in [1.165, 1.54) is 12.8 Å². The summed E-state index contributed by atoms with van der Waals surface area (Å²) in [5, 5.41) is 3.47. The van der Waals surface area contributed by atoms with Crippen molar-refractivity contribution < 1.29 is 9.00 Å². The summed E-state index contributed by atoms with van der Waals surface area (Å²) in [5.41, 5.74) is 3.22. The molecule has 0 saturated carbocycles. The Morgan fingerprint density at radius 2 is 1.96 bits per heavy atom. The quantitative estimate of drug-likeness (QED) is 0.808. The second-order valence-corrected chi connectivity index (χ2v) is 8.50. The molecule has 1 heterocycles. The van der Waals surface area contributed by atoms with E-state index in [0.29, 0.717) is 22.0 Å². The van der Waals surface area contributed by atoms with Crippen LogP contribution in [0, 0.1) is 0 Å². The van der Waals surface area contributed by atoms with Gasteiger partial charge in [0, 0.05) is 45.6 Å². The Morgan fingerprint density at radius 3 is 2.69 bits per heavy atom. The van der Waals surface area contributed by atoms with E-state index >= 15 is 0 Å². The minimum Gasteiger partial charge on any atom is -0.322 e. The van der Waals surface area contributed by atoms with Gasteiger partial charge in [-0.15, -0.1) is 0 Å². The topological polar surface area (TPSA) is 49.4 Å². The minimum atomic E-state index is -0.991. The molecule has 1 amide bonds. The highest BCUT2D eigenvalue weighted by atomic mass is 35.5. The largest absolute Gasteiger partial charge is 0.322 e. The molecule has 0 radical (unpaired) electrons. The second kappa shape index (κ2) is 8.80. The third kappa shape index (κ3) is 5.16. The maximum Gasteiger partial charge on any atom is 0.255 e. The number of carbonyl (C=O) groups is 1. The molecule has 1 unspecified atom stereocenters. The van der Waals surface area contributed by atoms with E-state index in [1.54, 1.807) is 24.5 Å². The van der Waals surface area contributed by atoms with Crippen molar-refractivity contribution in [2.45, 2.75) is 25.1 Å². The molecular formula is C20H23ClN2O2S. The van der Waals surface area contributed by atoms with Crippen LogP contribution >= 0.6 is 11.6 Å². The van der Waals surface area contributed by atoms with Crippen LogP contribution in [0.25, 0.3) is 0 Å². The molecule has 0 bridgehead atoms. The van der Waals surface area contributed by atoms with Gasteiger partial charge in [0.1, 0.15) is 0 Å². The molecule has 1 aliphatic rings. The number of halogens is 1. The van der Waals surface area contributed by atoms with Crippen molar-refractivity contribution in [3.63, 3.8) is 0 Å². The van der Waals surface area contributed by atoms with Crippen molar-refractivity contribution in [1.29, 1.82) is 0 Å². The molecule has 0 aliphatic carbocycles. The van der Waals surface area contributed by atoms with Gasteiger partial charge >= 0.3 is 0 Å². The maximum absolute atomic E-state index is 12.6. The molecule has 1 saturated heterocycles. The van der Waals surface area contributed by atoms with Crippen LogP contribution in [0.15, 0.2) is 42.5 Å². The molecule has 0 aromatic heterocycles. The first-order valence-corrected chi connectivity index (χ1v) is 10.8. The highest BCUT2D eigenvalue weighted by Crippen LogP contribution is 2.22. The number of hydrogen-bond donors (Lipinski definition) is 1. The number of hydrogen-bond acceptors (Lipinski definition) is 3. The van der Waals surface area contributed by atoms with E-state index in [2.05, 4.69) is 16.3 Å². The van der Waals surface area contributed by atoms with Gasteiger partial charge < -0.3 is 5.32 Å². The van der Waals surface area contributed by atoms with Crippen LogP contribution in [-0.2, 0) is 23.1 Å². The molecule has 2 aromatic rings. The van der Waals surface area contributed by atoms with Gasteiger partial charge in [-0.05, 0) is 67.4 Å². The second-order valence-electron chi connectivity index (χ2n) is 6.66. The van der Waals surface area contributed by atoms with E-state index in [-0.39, 0.29) is 5.91 Å². The monoisotopic (exact) mass is 390 g/mol. The van der Waals surface area contributed by atoms with Crippen molar-refractivity contribution >= 4 is 34.0 Å². The molecule has 6 heteroatoms. The lowest BCUT2D eigenvalue weighted by atomic mass is 10.1. The smallest absolute Gasteiger partial charge is 0.255 e. The standard InChI is InChI=1S/C20H23ClN2O2S/c1-26(25)14-17-12-18(7-8-19(17)21)22-20(24)16-6-4-5-15(11-16)13-23-9-2-3-10-23/h4-8,11-12H,2-3,9-10,13-14H2,1H3,(H,22,24). The Bertz CT molecular complexity index is 819. The number of nitrogens with zero attached hydrogens (tertiary/aromatic N) is 1. The predicted octanol–water partition coefficient (Wildman–Crippen LogP) is 4.07. The van der Waals surface area contributed by atoms with Gasteiger partial charge in [0.25, 0.3) is 5.91 Å². The van der Waals surface area contributed by atoms with Gasteiger partial charge in [-0.25, -0.2) is 0 Å². The molecular weight excluding hydrogens is 368 g/mol. The Hall–Kier alpha value is -1.69. The highest BCUT2D eigenvalue weighted by molar-refractivity contribution is 7.83. The normalized spacial score (nSPS) is 15.8. The SMILES string of the molecule is CS(=O)Cc1cc(NC(=O)c2cccc(CN3CCCC3)c2)ccc1Cl. The van der Waals surface area contributed by atoms with E-state index in [0.717, 1.165) is 30.8 Å². The number of benzene rings is 2. The predicted molar refractivity (Wildman–Crippen MR) is 108 cm³/mol. The van der Waals surface area contributed by atoms with Gasteiger partial charge in [0.15, 0.2) is 0 Å². The van der Waals surface area contributed by atoms with E-state index in [1.807, 2.05) is 18.2 Å². The third-order valence-electron chi connectivity index (χ3n) is 4.46. The summed E-state index contributed by atoms with van der Waals surface area (Å²) in [5.74, 6) is 0.215. The first kappa shape index (κ1) is 19.1. The fourth-order valence-electron chi connectivity index (χ4n) is 3.20. The van der Waals surface area contributed by atoms with Gasteiger partial charge in [-0.2, -0.15) is 0 Å². The summed E-state index contributed by atoms with van der Waals surface area (Å²) in [7, 11) is -0.991. The number of anilines is 1. The first-order chi connectivity index (χ1) is 12.5. The van der Waals surface area contributed by atoms with Crippen LogP contribution in [-0.4, -0.2) is 34.4 Å². The number of carbonyl (C=O) groups excluding carboxylic acids is 1. The van der Waals surface area contributed by atoms with Crippen molar-refractivity contribution in [2.24, 2.45) is 0 Å². The number of likely N-dealkylation sites (tertiary alicyclic amines) is 1. The van der Waals surface area contributed by atoms with Gasteiger partial charge in [0.05, 0.1) is 0 Å². The summed E-state index contributed by atoms with van der Waals surface area (Å²) >= 11 is 6.14.